The molecule has 84 valence electrons. The second-order valence-corrected chi connectivity index (χ2v) is 3.45. The number of carboxylic acids is 1. The van der Waals surface area contributed by atoms with Gasteiger partial charge in [-0.05, 0) is 24.6 Å². The molecule has 0 saturated heterocycles. The number of ether oxygens (including phenoxy) is 1. The fourth-order valence-electron chi connectivity index (χ4n) is 1.59. The number of hydrogen-bond acceptors (Lipinski definition) is 4. The van der Waals surface area contributed by atoms with Gasteiger partial charge in [0.15, 0.2) is 0 Å². The third-order valence-electron chi connectivity index (χ3n) is 2.44. The van der Waals surface area contributed by atoms with E-state index in [0.29, 0.717) is 17.1 Å². The first-order chi connectivity index (χ1) is 7.61. The first kappa shape index (κ1) is 10.6. The van der Waals surface area contributed by atoms with Crippen LogP contribution in [0.2, 0.25) is 0 Å². The van der Waals surface area contributed by atoms with Crippen molar-refractivity contribution in [3.05, 3.63) is 32.7 Å². The minimum Gasteiger partial charge on any atom is -0.477 e. The van der Waals surface area contributed by atoms with Crippen LogP contribution in [0.4, 0.5) is 0 Å². The molecule has 1 aromatic heterocycles. The molecule has 5 nitrogen and oxygen atoms in total. The number of fused-ring (bicyclic) bond motifs is 1. The van der Waals surface area contributed by atoms with Crippen LogP contribution in [-0.2, 0) is 4.74 Å². The topological polar surface area (TPSA) is 76.7 Å². The summed E-state index contributed by atoms with van der Waals surface area (Å²) < 4.78 is 10.0. The molecule has 5 heteroatoms. The van der Waals surface area contributed by atoms with Crippen LogP contribution in [-0.4, -0.2) is 24.3 Å². The molecule has 0 amide bonds. The molecular weight excluding hydrogens is 212 g/mol. The van der Waals surface area contributed by atoms with Crippen LogP contribution in [0.25, 0.3) is 12.2 Å². The predicted molar refractivity (Wildman–Crippen MR) is 55.5 cm³/mol. The fourth-order valence-corrected chi connectivity index (χ4v) is 1.59. The van der Waals surface area contributed by atoms with Gasteiger partial charge in [0.05, 0.1) is 6.10 Å². The zero-order valence-corrected chi connectivity index (χ0v) is 8.60. The molecule has 0 fully saturated rings. The Morgan fingerprint density at radius 2 is 2.38 bits per heavy atom. The van der Waals surface area contributed by atoms with E-state index in [2.05, 4.69) is 0 Å². The third kappa shape index (κ3) is 1.77. The van der Waals surface area contributed by atoms with Crippen LogP contribution in [0.5, 0.6) is 0 Å². The minimum absolute atomic E-state index is 0.109. The highest BCUT2D eigenvalue weighted by molar-refractivity contribution is 5.86. The first-order valence-electron chi connectivity index (χ1n) is 4.74. The Balaban J connectivity index is 2.69. The van der Waals surface area contributed by atoms with Crippen LogP contribution in [0.3, 0.4) is 0 Å². The molecule has 0 saturated carbocycles. The lowest BCUT2D eigenvalue weighted by molar-refractivity contribution is 0.0691. The maximum Gasteiger partial charge on any atom is 0.351 e. The number of carboxylic acid groups (broad SMARTS) is 1. The van der Waals surface area contributed by atoms with Crippen molar-refractivity contribution in [3.8, 4) is 0 Å². The van der Waals surface area contributed by atoms with Crippen LogP contribution in [0, 0.1) is 0 Å². The average Bonchev–Trinajstić information content (AvgIpc) is 2.27. The van der Waals surface area contributed by atoms with Gasteiger partial charge in [0.1, 0.15) is 11.0 Å². The number of rotatable bonds is 2. The predicted octanol–water partition coefficient (Wildman–Crippen LogP) is -0.682. The van der Waals surface area contributed by atoms with Crippen LogP contribution in [0.15, 0.2) is 15.3 Å². The van der Waals surface area contributed by atoms with Gasteiger partial charge in [0, 0.05) is 12.3 Å². The maximum atomic E-state index is 11.3. The summed E-state index contributed by atoms with van der Waals surface area (Å²) in [6, 6.07) is 1.31. The SMILES string of the molecule is COC1C=c2cc(C(=O)O)c(=O)oc2=CC1. The van der Waals surface area contributed by atoms with Gasteiger partial charge in [0.2, 0.25) is 0 Å². The number of aromatic carboxylic acids is 1. The van der Waals surface area contributed by atoms with E-state index in [1.54, 1.807) is 19.3 Å². The molecule has 0 aromatic carbocycles. The molecule has 1 aromatic rings. The standard InChI is InChI=1S/C11H10O5/c1-15-7-2-3-9-6(4-7)5-8(10(12)13)11(14)16-9/h3-5,7H,2H2,1H3,(H,12,13). The molecule has 0 bridgehead atoms. The quantitative estimate of drug-likeness (QED) is 0.717. The zero-order chi connectivity index (χ0) is 11.7. The zero-order valence-electron chi connectivity index (χ0n) is 8.60. The van der Waals surface area contributed by atoms with Crippen LogP contribution >= 0.6 is 0 Å². The lowest BCUT2D eigenvalue weighted by Crippen LogP contribution is -2.36. The smallest absolute Gasteiger partial charge is 0.351 e. The molecule has 1 N–H and O–H groups in total. The monoisotopic (exact) mass is 222 g/mol. The van der Waals surface area contributed by atoms with Crippen LogP contribution < -0.4 is 16.3 Å². The summed E-state index contributed by atoms with van der Waals surface area (Å²) in [5.74, 6) is -1.29. The number of methoxy groups -OCH3 is 1. The van der Waals surface area contributed by atoms with Gasteiger partial charge in [-0.25, -0.2) is 9.59 Å². The summed E-state index contributed by atoms with van der Waals surface area (Å²) in [4.78, 5) is 22.0. The minimum atomic E-state index is -1.29. The summed E-state index contributed by atoms with van der Waals surface area (Å²) in [6.07, 6.45) is 3.96. The lowest BCUT2D eigenvalue weighted by Gasteiger charge is -2.10. The molecular formula is C11H10O5. The average molecular weight is 222 g/mol. The Morgan fingerprint density at radius 1 is 1.62 bits per heavy atom. The van der Waals surface area contributed by atoms with Crippen molar-refractivity contribution < 1.29 is 19.1 Å². The Morgan fingerprint density at radius 3 is 3.00 bits per heavy atom. The first-order valence-corrected chi connectivity index (χ1v) is 4.74. The molecule has 16 heavy (non-hydrogen) atoms. The van der Waals surface area contributed by atoms with E-state index in [4.69, 9.17) is 14.3 Å². The van der Waals surface area contributed by atoms with Crippen molar-refractivity contribution >= 4 is 18.1 Å². The Kier molecular flexibility index (Phi) is 2.62. The van der Waals surface area contributed by atoms with Gasteiger partial charge < -0.3 is 14.3 Å². The molecule has 1 aliphatic rings. The van der Waals surface area contributed by atoms with Crippen molar-refractivity contribution in [3.63, 3.8) is 0 Å². The Bertz CT molecular complexity index is 596. The number of carbonyl (C=O) groups is 1. The van der Waals surface area contributed by atoms with E-state index >= 15 is 0 Å². The van der Waals surface area contributed by atoms with Gasteiger partial charge in [0.25, 0.3) is 0 Å². The van der Waals surface area contributed by atoms with Gasteiger partial charge in [-0.15, -0.1) is 0 Å². The normalized spacial score (nSPS) is 18.2. The van der Waals surface area contributed by atoms with Crippen LogP contribution in [0.1, 0.15) is 16.8 Å². The lowest BCUT2D eigenvalue weighted by atomic mass is 10.1. The molecule has 1 heterocycles. The highest BCUT2D eigenvalue weighted by Gasteiger charge is 2.13. The van der Waals surface area contributed by atoms with Crippen molar-refractivity contribution in [1.82, 2.24) is 0 Å². The third-order valence-corrected chi connectivity index (χ3v) is 2.44. The molecule has 1 aliphatic carbocycles. The molecule has 1 unspecified atom stereocenters. The summed E-state index contributed by atoms with van der Waals surface area (Å²) in [5, 5.41) is 9.35. The highest BCUT2D eigenvalue weighted by atomic mass is 16.5. The van der Waals surface area contributed by atoms with E-state index in [1.165, 1.54) is 6.07 Å². The van der Waals surface area contributed by atoms with E-state index in [-0.39, 0.29) is 11.7 Å². The fraction of sp³-hybridized carbons (Fsp3) is 0.273. The van der Waals surface area contributed by atoms with E-state index < -0.39 is 11.6 Å². The Labute approximate surface area is 90.3 Å². The molecule has 0 aliphatic heterocycles. The van der Waals surface area contributed by atoms with Gasteiger partial charge in [-0.1, -0.05) is 0 Å². The van der Waals surface area contributed by atoms with E-state index in [1.807, 2.05) is 0 Å². The number of hydrogen-bond donors (Lipinski definition) is 1. The summed E-state index contributed by atoms with van der Waals surface area (Å²) in [5.41, 5.74) is -0.782. The second kappa shape index (κ2) is 3.94. The summed E-state index contributed by atoms with van der Waals surface area (Å²) in [7, 11) is 1.57. The largest absolute Gasteiger partial charge is 0.477 e. The highest BCUT2D eigenvalue weighted by Crippen LogP contribution is 2.01. The van der Waals surface area contributed by atoms with Crippen molar-refractivity contribution in [1.29, 1.82) is 0 Å². The van der Waals surface area contributed by atoms with Crippen molar-refractivity contribution in [2.24, 2.45) is 0 Å². The molecule has 1 atom stereocenters. The van der Waals surface area contributed by atoms with Gasteiger partial charge >= 0.3 is 11.6 Å². The van der Waals surface area contributed by atoms with Gasteiger partial charge in [-0.2, -0.15) is 0 Å². The van der Waals surface area contributed by atoms with Gasteiger partial charge in [-0.3, -0.25) is 0 Å². The second-order valence-electron chi connectivity index (χ2n) is 3.45. The summed E-state index contributed by atoms with van der Waals surface area (Å²) >= 11 is 0. The molecule has 0 spiro atoms. The maximum absolute atomic E-state index is 11.3. The van der Waals surface area contributed by atoms with Crippen molar-refractivity contribution in [2.45, 2.75) is 12.5 Å². The molecule has 2 rings (SSSR count). The van der Waals surface area contributed by atoms with E-state index in [9.17, 15) is 9.59 Å². The molecule has 0 radical (unpaired) electrons. The van der Waals surface area contributed by atoms with E-state index in [0.717, 1.165) is 0 Å². The Hall–Kier alpha value is -1.88. The summed E-state index contributed by atoms with van der Waals surface area (Å²) in [6.45, 7) is 0. The van der Waals surface area contributed by atoms with Crippen molar-refractivity contribution in [2.75, 3.05) is 7.11 Å².